The van der Waals surface area contributed by atoms with Crippen LogP contribution < -0.4 is 10.1 Å². The molecule has 0 saturated heterocycles. The molecule has 170 valence electrons. The van der Waals surface area contributed by atoms with Gasteiger partial charge in [-0.15, -0.1) is 0 Å². The minimum atomic E-state index is -0.953. The van der Waals surface area contributed by atoms with E-state index in [1.165, 1.54) is 7.11 Å². The van der Waals surface area contributed by atoms with Crippen molar-refractivity contribution >= 4 is 23.4 Å². The Morgan fingerprint density at radius 2 is 2.00 bits per heavy atom. The molecule has 3 rings (SSSR count). The number of hydrogen-bond donors (Lipinski definition) is 1. The molecule has 0 bridgehead atoms. The predicted molar refractivity (Wildman–Crippen MR) is 115 cm³/mol. The standard InChI is InChI=1S/C22H22ClF2N3O4/c1-4-31-11-17-18(22(29)32-5-2)19(14-7-6-13(30-3)9-15(14)23)28-21(27-17)20-16(25)8-12(24)10-26-20/h6-10,19H,4-5,11H2,1-3H3,(H,27,28). The zero-order valence-corrected chi connectivity index (χ0v) is 18.5. The maximum Gasteiger partial charge on any atom is 0.338 e. The Bertz CT molecular complexity index is 1080. The lowest BCUT2D eigenvalue weighted by atomic mass is 9.95. The molecule has 1 atom stereocenters. The summed E-state index contributed by atoms with van der Waals surface area (Å²) in [6.07, 6.45) is 0.880. The quantitative estimate of drug-likeness (QED) is 0.594. The molecule has 1 aliphatic rings. The molecule has 1 aromatic heterocycles. The molecule has 0 spiro atoms. The van der Waals surface area contributed by atoms with Crippen LogP contribution in [0.5, 0.6) is 5.75 Å². The molecule has 0 fully saturated rings. The van der Waals surface area contributed by atoms with Crippen LogP contribution in [0.3, 0.4) is 0 Å². The summed E-state index contributed by atoms with van der Waals surface area (Å²) in [5, 5.41) is 3.19. The van der Waals surface area contributed by atoms with E-state index in [0.29, 0.717) is 29.7 Å². The molecule has 0 radical (unpaired) electrons. The molecule has 1 unspecified atom stereocenters. The topological polar surface area (TPSA) is 82.0 Å². The monoisotopic (exact) mass is 465 g/mol. The highest BCUT2D eigenvalue weighted by atomic mass is 35.5. The third-order valence-corrected chi connectivity index (χ3v) is 4.93. The molecule has 1 aliphatic heterocycles. The first kappa shape index (κ1) is 23.6. The van der Waals surface area contributed by atoms with Gasteiger partial charge in [0.05, 0.1) is 37.8 Å². The van der Waals surface area contributed by atoms with E-state index >= 15 is 0 Å². The molecule has 32 heavy (non-hydrogen) atoms. The van der Waals surface area contributed by atoms with Crippen LogP contribution in [0.1, 0.15) is 31.1 Å². The summed E-state index contributed by atoms with van der Waals surface area (Å²) < 4.78 is 43.8. The molecule has 0 amide bonds. The van der Waals surface area contributed by atoms with Crippen molar-refractivity contribution in [2.45, 2.75) is 19.9 Å². The number of nitrogens with one attached hydrogen (secondary N) is 1. The lowest BCUT2D eigenvalue weighted by Gasteiger charge is -2.28. The molecular weight excluding hydrogens is 444 g/mol. The number of benzene rings is 1. The number of rotatable bonds is 8. The van der Waals surface area contributed by atoms with Gasteiger partial charge in [-0.1, -0.05) is 17.7 Å². The van der Waals surface area contributed by atoms with Gasteiger partial charge < -0.3 is 19.5 Å². The summed E-state index contributed by atoms with van der Waals surface area (Å²) in [4.78, 5) is 21.2. The number of halogens is 3. The molecule has 7 nitrogen and oxygen atoms in total. The number of aliphatic imine (C=N–C) groups is 1. The Morgan fingerprint density at radius 1 is 1.22 bits per heavy atom. The van der Waals surface area contributed by atoms with Gasteiger partial charge in [0, 0.05) is 23.3 Å². The SMILES string of the molecule is CCOCC1=C(C(=O)OCC)C(c2ccc(OC)cc2Cl)N=C(c2ncc(F)cc2F)N1. The largest absolute Gasteiger partial charge is 0.497 e. The highest BCUT2D eigenvalue weighted by Gasteiger charge is 2.34. The minimum Gasteiger partial charge on any atom is -0.497 e. The van der Waals surface area contributed by atoms with Crippen LogP contribution in [0, 0.1) is 11.6 Å². The van der Waals surface area contributed by atoms with Gasteiger partial charge in [-0.3, -0.25) is 4.99 Å². The fourth-order valence-electron chi connectivity index (χ4n) is 3.15. The summed E-state index contributed by atoms with van der Waals surface area (Å²) >= 11 is 6.47. The fourth-order valence-corrected chi connectivity index (χ4v) is 3.43. The van der Waals surface area contributed by atoms with E-state index in [-0.39, 0.29) is 35.3 Å². The van der Waals surface area contributed by atoms with Crippen molar-refractivity contribution in [3.8, 4) is 5.75 Å². The third kappa shape index (κ3) is 5.05. The number of nitrogens with zero attached hydrogens (tertiary/aromatic N) is 2. The number of methoxy groups -OCH3 is 1. The minimum absolute atomic E-state index is 0.00198. The molecule has 1 N–H and O–H groups in total. The Balaban J connectivity index is 2.19. The predicted octanol–water partition coefficient (Wildman–Crippen LogP) is 3.97. The molecule has 2 aromatic rings. The summed E-state index contributed by atoms with van der Waals surface area (Å²) in [6, 6.07) is 4.65. The van der Waals surface area contributed by atoms with Gasteiger partial charge >= 0.3 is 5.97 Å². The summed E-state index contributed by atoms with van der Waals surface area (Å²) in [7, 11) is 1.50. The molecule has 0 saturated carbocycles. The van der Waals surface area contributed by atoms with Gasteiger partial charge in [0.2, 0.25) is 0 Å². The number of carbonyl (C=O) groups is 1. The second-order valence-electron chi connectivity index (χ2n) is 6.63. The Labute approximate surface area is 189 Å². The Kier molecular flexibility index (Phi) is 7.76. The van der Waals surface area contributed by atoms with Crippen LogP contribution in [0.4, 0.5) is 8.78 Å². The second-order valence-corrected chi connectivity index (χ2v) is 7.03. The number of aromatic nitrogens is 1. The van der Waals surface area contributed by atoms with Crippen molar-refractivity contribution in [3.63, 3.8) is 0 Å². The molecule has 0 aliphatic carbocycles. The van der Waals surface area contributed by atoms with Crippen LogP contribution in [0.25, 0.3) is 0 Å². The number of esters is 1. The normalized spacial score (nSPS) is 15.8. The summed E-state index contributed by atoms with van der Waals surface area (Å²) in [5.74, 6) is -1.84. The second kappa shape index (κ2) is 10.5. The number of carbonyl (C=O) groups excluding carboxylic acids is 1. The lowest BCUT2D eigenvalue weighted by molar-refractivity contribution is -0.139. The molecule has 1 aromatic carbocycles. The van der Waals surface area contributed by atoms with E-state index in [1.54, 1.807) is 32.0 Å². The smallest absolute Gasteiger partial charge is 0.338 e. The van der Waals surface area contributed by atoms with Crippen molar-refractivity contribution < 1.29 is 27.8 Å². The first-order valence-corrected chi connectivity index (χ1v) is 10.2. The van der Waals surface area contributed by atoms with Gasteiger partial charge in [-0.05, 0) is 26.0 Å². The zero-order valence-electron chi connectivity index (χ0n) is 17.7. The summed E-state index contributed by atoms with van der Waals surface area (Å²) in [5.41, 5.74) is 0.736. The van der Waals surface area contributed by atoms with Crippen LogP contribution in [-0.4, -0.2) is 43.7 Å². The van der Waals surface area contributed by atoms with E-state index in [4.69, 9.17) is 25.8 Å². The van der Waals surface area contributed by atoms with Crippen molar-refractivity contribution in [1.29, 1.82) is 0 Å². The zero-order chi connectivity index (χ0) is 23.3. The van der Waals surface area contributed by atoms with E-state index in [0.717, 1.165) is 6.20 Å². The van der Waals surface area contributed by atoms with Gasteiger partial charge in [0.25, 0.3) is 0 Å². The summed E-state index contributed by atoms with van der Waals surface area (Å²) in [6.45, 7) is 3.97. The maximum atomic E-state index is 14.5. The number of hydrogen-bond acceptors (Lipinski definition) is 7. The first-order chi connectivity index (χ1) is 15.4. The fraction of sp³-hybridized carbons (Fsp3) is 0.318. The highest BCUT2D eigenvalue weighted by molar-refractivity contribution is 6.31. The van der Waals surface area contributed by atoms with Crippen molar-refractivity contribution in [1.82, 2.24) is 10.3 Å². The van der Waals surface area contributed by atoms with Crippen LogP contribution >= 0.6 is 11.6 Å². The lowest BCUT2D eigenvalue weighted by Crippen LogP contribution is -2.36. The van der Waals surface area contributed by atoms with Gasteiger partial charge in [-0.2, -0.15) is 0 Å². The first-order valence-electron chi connectivity index (χ1n) is 9.87. The Morgan fingerprint density at radius 3 is 2.62 bits per heavy atom. The van der Waals surface area contributed by atoms with Crippen molar-refractivity contribution in [2.75, 3.05) is 26.9 Å². The number of amidine groups is 1. The third-order valence-electron chi connectivity index (χ3n) is 4.61. The van der Waals surface area contributed by atoms with E-state index < -0.39 is 23.6 Å². The molecule has 2 heterocycles. The van der Waals surface area contributed by atoms with Gasteiger partial charge in [-0.25, -0.2) is 18.6 Å². The van der Waals surface area contributed by atoms with Crippen molar-refractivity contribution in [3.05, 3.63) is 69.6 Å². The van der Waals surface area contributed by atoms with Crippen LogP contribution in [0.2, 0.25) is 5.02 Å². The van der Waals surface area contributed by atoms with Crippen LogP contribution in [-0.2, 0) is 14.3 Å². The average molecular weight is 466 g/mol. The number of ether oxygens (including phenoxy) is 3. The van der Waals surface area contributed by atoms with Crippen LogP contribution in [0.15, 0.2) is 46.7 Å². The Hall–Kier alpha value is -3.04. The van der Waals surface area contributed by atoms with Gasteiger partial charge in [0.15, 0.2) is 11.7 Å². The average Bonchev–Trinajstić information content (AvgIpc) is 2.77. The van der Waals surface area contributed by atoms with Gasteiger partial charge in [0.1, 0.15) is 23.3 Å². The molecular formula is C22H22ClF2N3O4. The van der Waals surface area contributed by atoms with Crippen molar-refractivity contribution in [2.24, 2.45) is 4.99 Å². The maximum absolute atomic E-state index is 14.5. The highest BCUT2D eigenvalue weighted by Crippen LogP contribution is 2.37. The van der Waals surface area contributed by atoms with E-state index in [1.807, 2.05) is 0 Å². The molecule has 10 heteroatoms. The van der Waals surface area contributed by atoms with E-state index in [9.17, 15) is 13.6 Å². The van der Waals surface area contributed by atoms with E-state index in [2.05, 4.69) is 15.3 Å². The number of pyridine rings is 1.